The van der Waals surface area contributed by atoms with Crippen LogP contribution in [0.2, 0.25) is 5.02 Å². The molecule has 2 aromatic heterocycles. The molecule has 2 amide bonds. The fourth-order valence-electron chi connectivity index (χ4n) is 4.35. The topological polar surface area (TPSA) is 106 Å². The Kier molecular flexibility index (Phi) is 6.74. The fraction of sp³-hybridized carbons (Fsp3) is 0.292. The Morgan fingerprint density at radius 2 is 1.94 bits per heavy atom. The van der Waals surface area contributed by atoms with Crippen molar-refractivity contribution in [3.8, 4) is 5.69 Å². The van der Waals surface area contributed by atoms with Crippen molar-refractivity contribution in [1.82, 2.24) is 20.1 Å². The summed E-state index contributed by atoms with van der Waals surface area (Å²) in [6, 6.07) is 5.78. The van der Waals surface area contributed by atoms with Gasteiger partial charge in [0, 0.05) is 25.1 Å². The third-order valence-electron chi connectivity index (χ3n) is 5.89. The summed E-state index contributed by atoms with van der Waals surface area (Å²) in [7, 11) is 0. The minimum Gasteiger partial charge on any atom is -0.338 e. The van der Waals surface area contributed by atoms with Crippen LogP contribution in [0.15, 0.2) is 42.9 Å². The normalized spacial score (nSPS) is 17.8. The Hall–Kier alpha value is -3.59. The lowest BCUT2D eigenvalue weighted by Crippen LogP contribution is -2.31. The molecule has 176 valence electrons. The summed E-state index contributed by atoms with van der Waals surface area (Å²) >= 11 is 5.97. The Morgan fingerprint density at radius 3 is 2.56 bits per heavy atom. The molecule has 8 nitrogen and oxygen atoms in total. The number of Topliss-reactive ketones (excluding diaryl/α,β-unsaturated/α-hetero) is 2. The van der Waals surface area contributed by atoms with E-state index in [-0.39, 0.29) is 30.3 Å². The molecule has 2 heterocycles. The summed E-state index contributed by atoms with van der Waals surface area (Å²) in [5.74, 6) is -1.82. The number of nitrogens with zero attached hydrogens (tertiary/aromatic N) is 3. The standard InChI is InChI=1S/C24H23ClFN5O3/c1-13-7-18(31-12-16(25)10-29-31)8-14(2)21(13)22-19(32)9-15(23(22)33)5-6-27-24(34)30-20-4-3-17(26)11-28-20/h3-4,7-8,10-12,15,22H,5-6,9H2,1-2H3,(H2,27,28,30,34). The highest BCUT2D eigenvalue weighted by Crippen LogP contribution is 2.37. The quantitative estimate of drug-likeness (QED) is 0.513. The molecule has 34 heavy (non-hydrogen) atoms. The summed E-state index contributed by atoms with van der Waals surface area (Å²) in [5.41, 5.74) is 3.19. The second kappa shape index (κ2) is 9.72. The van der Waals surface area contributed by atoms with Crippen LogP contribution in [0.3, 0.4) is 0 Å². The maximum Gasteiger partial charge on any atom is 0.320 e. The Balaban J connectivity index is 1.39. The highest BCUT2D eigenvalue weighted by atomic mass is 35.5. The molecule has 1 fully saturated rings. The molecule has 0 aliphatic heterocycles. The highest BCUT2D eigenvalue weighted by Gasteiger charge is 2.42. The maximum atomic E-state index is 13.1. The van der Waals surface area contributed by atoms with Crippen molar-refractivity contribution < 1.29 is 18.8 Å². The Labute approximate surface area is 200 Å². The summed E-state index contributed by atoms with van der Waals surface area (Å²) in [4.78, 5) is 41.8. The lowest BCUT2D eigenvalue weighted by atomic mass is 9.87. The predicted molar refractivity (Wildman–Crippen MR) is 125 cm³/mol. The number of ketones is 2. The van der Waals surface area contributed by atoms with Crippen molar-refractivity contribution in [1.29, 1.82) is 0 Å². The zero-order valence-electron chi connectivity index (χ0n) is 18.6. The van der Waals surface area contributed by atoms with Crippen LogP contribution in [-0.4, -0.2) is 38.9 Å². The lowest BCUT2D eigenvalue weighted by Gasteiger charge is -2.17. The molecule has 0 bridgehead atoms. The van der Waals surface area contributed by atoms with Crippen LogP contribution >= 0.6 is 11.6 Å². The van der Waals surface area contributed by atoms with E-state index in [1.54, 1.807) is 17.1 Å². The first-order chi connectivity index (χ1) is 16.2. The fourth-order valence-corrected chi connectivity index (χ4v) is 4.49. The third-order valence-corrected chi connectivity index (χ3v) is 6.08. The second-order valence-corrected chi connectivity index (χ2v) is 8.77. The van der Waals surface area contributed by atoms with Crippen LogP contribution in [0.4, 0.5) is 15.0 Å². The van der Waals surface area contributed by atoms with Crippen molar-refractivity contribution in [2.75, 3.05) is 11.9 Å². The van der Waals surface area contributed by atoms with Crippen LogP contribution in [0.25, 0.3) is 5.69 Å². The summed E-state index contributed by atoms with van der Waals surface area (Å²) < 4.78 is 14.6. The molecular formula is C24H23ClFN5O3. The molecular weight excluding hydrogens is 461 g/mol. The molecule has 2 atom stereocenters. The molecule has 4 rings (SSSR count). The average Bonchev–Trinajstić information content (AvgIpc) is 3.33. The van der Waals surface area contributed by atoms with Crippen LogP contribution in [-0.2, 0) is 9.59 Å². The number of rotatable bonds is 6. The second-order valence-electron chi connectivity index (χ2n) is 8.33. The van der Waals surface area contributed by atoms with Gasteiger partial charge in [-0.1, -0.05) is 11.6 Å². The van der Waals surface area contributed by atoms with E-state index in [4.69, 9.17) is 11.6 Å². The average molecular weight is 484 g/mol. The minimum absolute atomic E-state index is 0.115. The largest absolute Gasteiger partial charge is 0.338 e. The van der Waals surface area contributed by atoms with Crippen LogP contribution < -0.4 is 10.6 Å². The molecule has 0 spiro atoms. The number of hydrogen-bond donors (Lipinski definition) is 2. The van der Waals surface area contributed by atoms with Crippen molar-refractivity contribution >= 4 is 35.0 Å². The molecule has 1 saturated carbocycles. The maximum absolute atomic E-state index is 13.1. The van der Waals surface area contributed by atoms with Gasteiger partial charge in [-0.25, -0.2) is 18.9 Å². The van der Waals surface area contributed by atoms with Crippen LogP contribution in [0.5, 0.6) is 0 Å². The molecule has 3 aromatic rings. The molecule has 1 aliphatic carbocycles. The Bertz CT molecular complexity index is 1230. The number of nitrogens with one attached hydrogen (secondary N) is 2. The number of urea groups is 1. The predicted octanol–water partition coefficient (Wildman–Crippen LogP) is 4.13. The monoisotopic (exact) mass is 483 g/mol. The number of amides is 2. The summed E-state index contributed by atoms with van der Waals surface area (Å²) in [6.45, 7) is 3.96. The van der Waals surface area contributed by atoms with E-state index in [2.05, 4.69) is 20.7 Å². The number of aryl methyl sites for hydroxylation is 2. The number of carbonyl (C=O) groups excluding carboxylic acids is 3. The first-order valence-electron chi connectivity index (χ1n) is 10.8. The number of anilines is 1. The lowest BCUT2D eigenvalue weighted by molar-refractivity contribution is -0.124. The molecule has 2 unspecified atom stereocenters. The zero-order valence-corrected chi connectivity index (χ0v) is 19.4. The van der Waals surface area contributed by atoms with E-state index >= 15 is 0 Å². The van der Waals surface area contributed by atoms with Gasteiger partial charge in [-0.05, 0) is 61.2 Å². The summed E-state index contributed by atoms with van der Waals surface area (Å²) in [6.07, 6.45) is 4.71. The van der Waals surface area contributed by atoms with Gasteiger partial charge >= 0.3 is 6.03 Å². The number of benzene rings is 1. The van der Waals surface area contributed by atoms with Gasteiger partial charge in [0.05, 0.1) is 23.1 Å². The van der Waals surface area contributed by atoms with Crippen molar-refractivity contribution in [2.45, 2.75) is 32.6 Å². The van der Waals surface area contributed by atoms with E-state index in [1.807, 2.05) is 26.0 Å². The number of hydrogen-bond acceptors (Lipinski definition) is 5. The van der Waals surface area contributed by atoms with Gasteiger partial charge in [-0.3, -0.25) is 14.9 Å². The minimum atomic E-state index is -0.808. The van der Waals surface area contributed by atoms with Gasteiger partial charge in [0.2, 0.25) is 0 Å². The highest BCUT2D eigenvalue weighted by molar-refractivity contribution is 6.30. The van der Waals surface area contributed by atoms with E-state index in [1.165, 1.54) is 12.1 Å². The SMILES string of the molecule is Cc1cc(-n2cc(Cl)cn2)cc(C)c1C1C(=O)CC(CCNC(=O)Nc2ccc(F)cn2)C1=O. The first-order valence-corrected chi connectivity index (χ1v) is 11.1. The number of carbonyl (C=O) groups is 3. The molecule has 10 heteroatoms. The molecule has 0 saturated heterocycles. The van der Waals surface area contributed by atoms with Crippen molar-refractivity contribution in [2.24, 2.45) is 5.92 Å². The molecule has 2 N–H and O–H groups in total. The number of halogens is 2. The van der Waals surface area contributed by atoms with Gasteiger partial charge in [0.25, 0.3) is 0 Å². The van der Waals surface area contributed by atoms with E-state index < -0.39 is 23.7 Å². The van der Waals surface area contributed by atoms with Crippen LogP contribution in [0.1, 0.15) is 35.4 Å². The first kappa shape index (κ1) is 23.6. The Morgan fingerprint density at radius 1 is 1.21 bits per heavy atom. The van der Waals surface area contributed by atoms with Gasteiger partial charge in [0.1, 0.15) is 23.3 Å². The third kappa shape index (κ3) is 4.99. The summed E-state index contributed by atoms with van der Waals surface area (Å²) in [5, 5.41) is 9.85. The van der Waals surface area contributed by atoms with Gasteiger partial charge in [0.15, 0.2) is 5.78 Å². The van der Waals surface area contributed by atoms with E-state index in [0.29, 0.717) is 11.4 Å². The van der Waals surface area contributed by atoms with Crippen molar-refractivity contribution in [3.05, 3.63) is 70.4 Å². The molecule has 0 radical (unpaired) electrons. The van der Waals surface area contributed by atoms with Gasteiger partial charge < -0.3 is 5.32 Å². The van der Waals surface area contributed by atoms with Gasteiger partial charge in [-0.15, -0.1) is 0 Å². The van der Waals surface area contributed by atoms with Gasteiger partial charge in [-0.2, -0.15) is 5.10 Å². The zero-order chi connectivity index (χ0) is 24.4. The number of aromatic nitrogens is 3. The molecule has 1 aromatic carbocycles. The van der Waals surface area contributed by atoms with E-state index in [9.17, 15) is 18.8 Å². The van der Waals surface area contributed by atoms with Crippen LogP contribution in [0, 0.1) is 25.6 Å². The number of pyridine rings is 1. The smallest absolute Gasteiger partial charge is 0.320 e. The molecule has 1 aliphatic rings. The van der Waals surface area contributed by atoms with E-state index in [0.717, 1.165) is 28.6 Å². The van der Waals surface area contributed by atoms with Crippen molar-refractivity contribution in [3.63, 3.8) is 0 Å².